The Morgan fingerprint density at radius 3 is 2.97 bits per heavy atom. The molecule has 0 saturated carbocycles. The molecule has 3 aromatic heterocycles. The summed E-state index contributed by atoms with van der Waals surface area (Å²) in [5.74, 6) is 1.19. The van der Waals surface area contributed by atoms with Gasteiger partial charge < -0.3 is 14.4 Å². The van der Waals surface area contributed by atoms with Crippen LogP contribution in [0.5, 0.6) is 0 Å². The number of amides is 1. The number of fused-ring (bicyclic) bond motifs is 1. The Hall–Kier alpha value is -3.49. The fourth-order valence-electron chi connectivity index (χ4n) is 3.63. The van der Waals surface area contributed by atoms with Gasteiger partial charge in [-0.2, -0.15) is 4.98 Å². The molecule has 9 heteroatoms. The lowest BCUT2D eigenvalue weighted by Crippen LogP contribution is -2.29. The predicted molar refractivity (Wildman–Crippen MR) is 105 cm³/mol. The molecule has 1 saturated heterocycles. The van der Waals surface area contributed by atoms with E-state index in [9.17, 15) is 4.79 Å². The van der Waals surface area contributed by atoms with E-state index in [1.807, 2.05) is 49.1 Å². The topological polar surface area (TPSA) is 106 Å². The van der Waals surface area contributed by atoms with Crippen molar-refractivity contribution in [1.82, 2.24) is 35.0 Å². The molecule has 1 aliphatic rings. The first kappa shape index (κ1) is 17.6. The second kappa shape index (κ2) is 6.84. The van der Waals surface area contributed by atoms with Crippen LogP contribution in [-0.4, -0.2) is 54.0 Å². The van der Waals surface area contributed by atoms with E-state index in [0.717, 1.165) is 17.3 Å². The summed E-state index contributed by atoms with van der Waals surface area (Å²) in [6, 6.07) is 9.85. The zero-order valence-electron chi connectivity index (χ0n) is 16.2. The van der Waals surface area contributed by atoms with Crippen molar-refractivity contribution in [2.24, 2.45) is 0 Å². The van der Waals surface area contributed by atoms with Crippen molar-refractivity contribution in [3.63, 3.8) is 0 Å². The average Bonchev–Trinajstić information content (AvgIpc) is 3.52. The van der Waals surface area contributed by atoms with E-state index in [0.29, 0.717) is 36.2 Å². The minimum absolute atomic E-state index is 0.00233. The molecule has 1 amide bonds. The summed E-state index contributed by atoms with van der Waals surface area (Å²) in [5.41, 5.74) is 2.12. The summed E-state index contributed by atoms with van der Waals surface area (Å²) >= 11 is 0. The van der Waals surface area contributed by atoms with Gasteiger partial charge in [0, 0.05) is 29.9 Å². The molecule has 4 heterocycles. The zero-order valence-corrected chi connectivity index (χ0v) is 16.2. The number of nitrogens with one attached hydrogen (secondary N) is 1. The van der Waals surface area contributed by atoms with Crippen LogP contribution < -0.4 is 0 Å². The number of hydrogen-bond donors (Lipinski definition) is 1. The molecule has 0 aliphatic carbocycles. The Bertz CT molecular complexity index is 1140. The maximum absolute atomic E-state index is 12.9. The van der Waals surface area contributed by atoms with Gasteiger partial charge in [-0.05, 0) is 18.6 Å². The third kappa shape index (κ3) is 3.18. The molecule has 0 bridgehead atoms. The first-order valence-electron chi connectivity index (χ1n) is 9.71. The van der Waals surface area contributed by atoms with Crippen molar-refractivity contribution in [2.75, 3.05) is 13.1 Å². The van der Waals surface area contributed by atoms with Crippen LogP contribution in [0.25, 0.3) is 22.5 Å². The molecule has 1 fully saturated rings. The number of aromatic nitrogens is 6. The monoisotopic (exact) mass is 391 g/mol. The van der Waals surface area contributed by atoms with E-state index >= 15 is 0 Å². The molecular formula is C20H21N7O2. The third-order valence-electron chi connectivity index (χ3n) is 5.27. The second-order valence-corrected chi connectivity index (χ2v) is 7.66. The maximum atomic E-state index is 12.9. The molecular weight excluding hydrogens is 370 g/mol. The van der Waals surface area contributed by atoms with Crippen LogP contribution in [0.2, 0.25) is 0 Å². The molecule has 1 aliphatic heterocycles. The summed E-state index contributed by atoms with van der Waals surface area (Å²) in [7, 11) is 0. The molecule has 1 N–H and O–H groups in total. The second-order valence-electron chi connectivity index (χ2n) is 7.66. The van der Waals surface area contributed by atoms with Crippen molar-refractivity contribution < 1.29 is 9.32 Å². The van der Waals surface area contributed by atoms with Gasteiger partial charge in [0.15, 0.2) is 11.5 Å². The van der Waals surface area contributed by atoms with Gasteiger partial charge in [-0.3, -0.25) is 4.79 Å². The van der Waals surface area contributed by atoms with E-state index in [1.54, 1.807) is 10.9 Å². The van der Waals surface area contributed by atoms with Gasteiger partial charge in [0.05, 0.1) is 12.2 Å². The number of carbonyl (C=O) groups is 1. The van der Waals surface area contributed by atoms with E-state index < -0.39 is 0 Å². The van der Waals surface area contributed by atoms with Crippen LogP contribution in [0.3, 0.4) is 0 Å². The minimum Gasteiger partial charge on any atom is -0.351 e. The number of H-pyrrole nitrogens is 1. The maximum Gasteiger partial charge on any atom is 0.280 e. The van der Waals surface area contributed by atoms with Crippen molar-refractivity contribution in [3.8, 4) is 11.6 Å². The van der Waals surface area contributed by atoms with Crippen molar-refractivity contribution in [2.45, 2.75) is 32.2 Å². The van der Waals surface area contributed by atoms with Crippen LogP contribution in [0.4, 0.5) is 0 Å². The van der Waals surface area contributed by atoms with Crippen LogP contribution in [0, 0.1) is 0 Å². The highest BCUT2D eigenvalue weighted by molar-refractivity contribution is 5.98. The molecule has 148 valence electrons. The lowest BCUT2D eigenvalue weighted by atomic mass is 10.2. The highest BCUT2D eigenvalue weighted by Crippen LogP contribution is 2.25. The van der Waals surface area contributed by atoms with Gasteiger partial charge in [-0.1, -0.05) is 42.4 Å². The smallest absolute Gasteiger partial charge is 0.280 e. The predicted octanol–water partition coefficient (Wildman–Crippen LogP) is 3.02. The Labute approximate surface area is 166 Å². The van der Waals surface area contributed by atoms with E-state index in [4.69, 9.17) is 4.52 Å². The van der Waals surface area contributed by atoms with Crippen LogP contribution >= 0.6 is 0 Å². The van der Waals surface area contributed by atoms with Crippen molar-refractivity contribution in [1.29, 1.82) is 0 Å². The highest BCUT2D eigenvalue weighted by atomic mass is 16.5. The summed E-state index contributed by atoms with van der Waals surface area (Å²) in [4.78, 5) is 22.3. The first-order valence-corrected chi connectivity index (χ1v) is 9.71. The van der Waals surface area contributed by atoms with E-state index in [-0.39, 0.29) is 17.9 Å². The molecule has 9 nitrogen and oxygen atoms in total. The van der Waals surface area contributed by atoms with Gasteiger partial charge in [-0.15, -0.1) is 5.10 Å². The normalized spacial score (nSPS) is 16.9. The average molecular weight is 391 g/mol. The van der Waals surface area contributed by atoms with Gasteiger partial charge in [0.2, 0.25) is 0 Å². The molecule has 0 radical (unpaired) electrons. The number of benzene rings is 1. The van der Waals surface area contributed by atoms with E-state index in [2.05, 4.69) is 25.4 Å². The minimum atomic E-state index is 0.00233. The lowest BCUT2D eigenvalue weighted by molar-refractivity contribution is 0.0782. The largest absolute Gasteiger partial charge is 0.351 e. The molecule has 29 heavy (non-hydrogen) atoms. The van der Waals surface area contributed by atoms with Crippen molar-refractivity contribution in [3.05, 3.63) is 48.0 Å². The summed E-state index contributed by atoms with van der Waals surface area (Å²) in [5, 5.41) is 13.4. The standard InChI is InChI=1S/C20H21N7O2/c1-12(2)18-22-19(29-24-18)17-11-27(25-23-17)14-7-8-26(10-14)20(28)16-9-13-5-3-4-6-15(13)21-16/h3-6,9,11-12,14,21H,7-8,10H2,1-2H3/t14-/m1/s1. The van der Waals surface area contributed by atoms with Gasteiger partial charge in [0.1, 0.15) is 5.69 Å². The number of hydrogen-bond acceptors (Lipinski definition) is 6. The number of aromatic amines is 1. The van der Waals surface area contributed by atoms with Gasteiger partial charge in [0.25, 0.3) is 11.8 Å². The molecule has 1 aromatic carbocycles. The molecule has 0 unspecified atom stereocenters. The molecule has 1 atom stereocenters. The third-order valence-corrected chi connectivity index (χ3v) is 5.27. The van der Waals surface area contributed by atoms with E-state index in [1.165, 1.54) is 0 Å². The number of para-hydroxylation sites is 1. The molecule has 4 aromatic rings. The number of likely N-dealkylation sites (tertiary alicyclic amines) is 1. The van der Waals surface area contributed by atoms with Crippen LogP contribution in [0.15, 0.2) is 41.1 Å². The lowest BCUT2D eigenvalue weighted by Gasteiger charge is -2.15. The fourth-order valence-corrected chi connectivity index (χ4v) is 3.63. The van der Waals surface area contributed by atoms with Crippen LogP contribution in [-0.2, 0) is 0 Å². The Morgan fingerprint density at radius 1 is 1.31 bits per heavy atom. The SMILES string of the molecule is CC(C)c1noc(-c2cn([C@@H]3CCN(C(=O)c4cc5ccccc5[nH]4)C3)nn2)n1. The van der Waals surface area contributed by atoms with Gasteiger partial charge in [-0.25, -0.2) is 4.68 Å². The number of rotatable bonds is 4. The highest BCUT2D eigenvalue weighted by Gasteiger charge is 2.30. The Balaban J connectivity index is 1.30. The summed E-state index contributed by atoms with van der Waals surface area (Å²) in [6.07, 6.45) is 2.62. The molecule has 5 rings (SSSR count). The first-order chi connectivity index (χ1) is 14.1. The number of carbonyl (C=O) groups excluding carboxylic acids is 1. The Kier molecular flexibility index (Phi) is 4.15. The quantitative estimate of drug-likeness (QED) is 0.573. The fraction of sp³-hybridized carbons (Fsp3) is 0.350. The van der Waals surface area contributed by atoms with Crippen LogP contribution in [0.1, 0.15) is 48.5 Å². The summed E-state index contributed by atoms with van der Waals surface area (Å²) < 4.78 is 7.07. The zero-order chi connectivity index (χ0) is 20.0. The summed E-state index contributed by atoms with van der Waals surface area (Å²) in [6.45, 7) is 5.26. The van der Waals surface area contributed by atoms with Gasteiger partial charge >= 0.3 is 0 Å². The number of nitrogens with zero attached hydrogens (tertiary/aromatic N) is 6. The van der Waals surface area contributed by atoms with Crippen molar-refractivity contribution >= 4 is 16.8 Å². The molecule has 0 spiro atoms. The Morgan fingerprint density at radius 2 is 2.17 bits per heavy atom.